The molecule has 0 amide bonds. The molecule has 4 rings (SSSR count). The number of benzene rings is 1. The van der Waals surface area contributed by atoms with Crippen molar-refractivity contribution in [1.82, 2.24) is 19.9 Å². The Balaban J connectivity index is 1.56. The second kappa shape index (κ2) is 6.78. The lowest BCUT2D eigenvalue weighted by atomic mass is 10.1. The normalized spacial score (nSPS) is 14.2. The summed E-state index contributed by atoms with van der Waals surface area (Å²) in [4.78, 5) is 20.3. The molecule has 0 aliphatic carbocycles. The Bertz CT molecular complexity index is 814. The highest BCUT2D eigenvalue weighted by atomic mass is 15.3. The molecule has 6 heteroatoms. The Hall–Kier alpha value is -2.76. The Morgan fingerprint density at radius 1 is 0.958 bits per heavy atom. The summed E-state index contributed by atoms with van der Waals surface area (Å²) in [6, 6.07) is 10.4. The zero-order valence-electron chi connectivity index (χ0n) is 13.5. The maximum atomic E-state index is 4.72. The predicted octanol–water partition coefficient (Wildman–Crippen LogP) is 2.67. The molecule has 0 radical (unpaired) electrons. The topological polar surface area (TPSA) is 66.8 Å². The summed E-state index contributed by atoms with van der Waals surface area (Å²) in [5, 5.41) is 3.33. The molecule has 2 aromatic heterocycles. The van der Waals surface area contributed by atoms with E-state index in [0.29, 0.717) is 11.6 Å². The number of nitrogens with one attached hydrogen (secondary N) is 1. The average molecular weight is 320 g/mol. The molecule has 1 N–H and O–H groups in total. The van der Waals surface area contributed by atoms with Crippen LogP contribution >= 0.6 is 0 Å². The van der Waals surface area contributed by atoms with Crippen molar-refractivity contribution in [2.45, 2.75) is 19.3 Å². The lowest BCUT2D eigenvalue weighted by molar-refractivity contribution is 0.923. The smallest absolute Gasteiger partial charge is 0.226 e. The molecule has 1 aliphatic heterocycles. The Morgan fingerprint density at radius 3 is 2.58 bits per heavy atom. The van der Waals surface area contributed by atoms with Gasteiger partial charge in [-0.15, -0.1) is 0 Å². The highest BCUT2D eigenvalue weighted by molar-refractivity contribution is 5.83. The largest absolute Gasteiger partial charge is 0.355 e. The predicted molar refractivity (Wildman–Crippen MR) is 95.2 cm³/mol. The van der Waals surface area contributed by atoms with Crippen molar-refractivity contribution in [2.24, 2.45) is 0 Å². The molecular weight excluding hydrogens is 300 g/mol. The van der Waals surface area contributed by atoms with Gasteiger partial charge in [-0.05, 0) is 24.8 Å². The van der Waals surface area contributed by atoms with E-state index >= 15 is 0 Å². The summed E-state index contributed by atoms with van der Waals surface area (Å²) in [7, 11) is 0. The molecular formula is C18H20N6. The van der Waals surface area contributed by atoms with Crippen molar-refractivity contribution in [3.05, 3.63) is 48.3 Å². The van der Waals surface area contributed by atoms with Gasteiger partial charge in [0.25, 0.3) is 0 Å². The van der Waals surface area contributed by atoms with Gasteiger partial charge in [0, 0.05) is 32.0 Å². The molecule has 0 atom stereocenters. The fourth-order valence-electron chi connectivity index (χ4n) is 3.04. The number of hydrogen-bond donors (Lipinski definition) is 1. The van der Waals surface area contributed by atoms with Crippen LogP contribution in [0, 0.1) is 0 Å². The monoisotopic (exact) mass is 320 g/mol. The second-order valence-electron chi connectivity index (χ2n) is 5.96. The standard InChI is InChI=1S/C18H20N6/c1-2-6-14(7-3-1)8-9-21-18-22-16-15(19-10-11-20-16)17(23-18)24-12-4-5-13-24/h1-3,6-7,10-11H,4-5,8-9,12-13H2,(H,20,21,22,23). The van der Waals surface area contributed by atoms with E-state index in [9.17, 15) is 0 Å². The lowest BCUT2D eigenvalue weighted by Crippen LogP contribution is -2.21. The third kappa shape index (κ3) is 3.13. The molecule has 1 aromatic carbocycles. The zero-order chi connectivity index (χ0) is 16.2. The first-order chi connectivity index (χ1) is 11.9. The van der Waals surface area contributed by atoms with Gasteiger partial charge < -0.3 is 10.2 Å². The molecule has 3 aromatic rings. The van der Waals surface area contributed by atoms with Crippen molar-refractivity contribution in [3.63, 3.8) is 0 Å². The van der Waals surface area contributed by atoms with Crippen LogP contribution in [0.4, 0.5) is 11.8 Å². The molecule has 0 unspecified atom stereocenters. The van der Waals surface area contributed by atoms with E-state index in [1.54, 1.807) is 12.4 Å². The molecule has 24 heavy (non-hydrogen) atoms. The number of aromatic nitrogens is 4. The zero-order valence-corrected chi connectivity index (χ0v) is 13.5. The lowest BCUT2D eigenvalue weighted by Gasteiger charge is -2.18. The second-order valence-corrected chi connectivity index (χ2v) is 5.96. The minimum atomic E-state index is 0.626. The SMILES string of the molecule is c1ccc(CCNc2nc(N3CCCC3)c3nccnc3n2)cc1. The van der Waals surface area contributed by atoms with Gasteiger partial charge in [0.05, 0.1) is 0 Å². The number of rotatable bonds is 5. The van der Waals surface area contributed by atoms with Crippen molar-refractivity contribution < 1.29 is 0 Å². The van der Waals surface area contributed by atoms with Crippen molar-refractivity contribution in [2.75, 3.05) is 29.9 Å². The number of nitrogens with zero attached hydrogens (tertiary/aromatic N) is 5. The van der Waals surface area contributed by atoms with Gasteiger partial charge in [0.15, 0.2) is 17.0 Å². The Labute approximate surface area is 141 Å². The van der Waals surface area contributed by atoms with Gasteiger partial charge in [-0.25, -0.2) is 9.97 Å². The van der Waals surface area contributed by atoms with Gasteiger partial charge in [-0.1, -0.05) is 30.3 Å². The van der Waals surface area contributed by atoms with E-state index in [4.69, 9.17) is 4.98 Å². The summed E-state index contributed by atoms with van der Waals surface area (Å²) >= 11 is 0. The minimum Gasteiger partial charge on any atom is -0.355 e. The summed E-state index contributed by atoms with van der Waals surface area (Å²) in [6.07, 6.45) is 6.71. The molecule has 6 nitrogen and oxygen atoms in total. The van der Waals surface area contributed by atoms with Gasteiger partial charge in [0.1, 0.15) is 0 Å². The minimum absolute atomic E-state index is 0.626. The maximum absolute atomic E-state index is 4.72. The number of anilines is 2. The van der Waals surface area contributed by atoms with Gasteiger partial charge in [-0.2, -0.15) is 9.97 Å². The van der Waals surface area contributed by atoms with Gasteiger partial charge >= 0.3 is 0 Å². The summed E-state index contributed by atoms with van der Waals surface area (Å²) in [5.74, 6) is 1.52. The van der Waals surface area contributed by atoms with Crippen molar-refractivity contribution in [3.8, 4) is 0 Å². The van der Waals surface area contributed by atoms with Crippen LogP contribution in [0.25, 0.3) is 11.2 Å². The Kier molecular flexibility index (Phi) is 4.18. The van der Waals surface area contributed by atoms with E-state index in [1.807, 2.05) is 6.07 Å². The molecule has 1 fully saturated rings. The van der Waals surface area contributed by atoms with E-state index in [2.05, 4.69) is 49.4 Å². The van der Waals surface area contributed by atoms with Crippen molar-refractivity contribution >= 4 is 22.9 Å². The van der Waals surface area contributed by atoms with E-state index in [0.717, 1.165) is 37.4 Å². The first-order valence-electron chi connectivity index (χ1n) is 8.42. The van der Waals surface area contributed by atoms with Gasteiger partial charge in [-0.3, -0.25) is 0 Å². The number of fused-ring (bicyclic) bond motifs is 1. The third-order valence-electron chi connectivity index (χ3n) is 4.26. The molecule has 3 heterocycles. The maximum Gasteiger partial charge on any atom is 0.226 e. The molecule has 122 valence electrons. The van der Waals surface area contributed by atoms with E-state index in [1.165, 1.54) is 18.4 Å². The fraction of sp³-hybridized carbons (Fsp3) is 0.333. The fourth-order valence-corrected chi connectivity index (χ4v) is 3.04. The first kappa shape index (κ1) is 14.8. The van der Waals surface area contributed by atoms with Crippen molar-refractivity contribution in [1.29, 1.82) is 0 Å². The van der Waals surface area contributed by atoms with E-state index < -0.39 is 0 Å². The van der Waals surface area contributed by atoms with Crippen LogP contribution in [0.2, 0.25) is 0 Å². The molecule has 1 saturated heterocycles. The molecule has 0 saturated carbocycles. The quantitative estimate of drug-likeness (QED) is 0.779. The summed E-state index contributed by atoms with van der Waals surface area (Å²) < 4.78 is 0. The summed E-state index contributed by atoms with van der Waals surface area (Å²) in [6.45, 7) is 2.83. The van der Waals surface area contributed by atoms with Crippen LogP contribution in [0.3, 0.4) is 0 Å². The first-order valence-corrected chi connectivity index (χ1v) is 8.42. The molecule has 0 spiro atoms. The van der Waals surface area contributed by atoms with Gasteiger partial charge in [0.2, 0.25) is 5.95 Å². The highest BCUT2D eigenvalue weighted by Gasteiger charge is 2.19. The van der Waals surface area contributed by atoms with Crippen LogP contribution in [-0.4, -0.2) is 39.6 Å². The summed E-state index contributed by atoms with van der Waals surface area (Å²) in [5.41, 5.74) is 2.73. The van der Waals surface area contributed by atoms with E-state index in [-0.39, 0.29) is 0 Å². The van der Waals surface area contributed by atoms with Crippen LogP contribution in [0.5, 0.6) is 0 Å². The van der Waals surface area contributed by atoms with Crippen LogP contribution in [0.15, 0.2) is 42.7 Å². The Morgan fingerprint density at radius 2 is 1.75 bits per heavy atom. The highest BCUT2D eigenvalue weighted by Crippen LogP contribution is 2.25. The third-order valence-corrected chi connectivity index (χ3v) is 4.26. The molecule has 1 aliphatic rings. The molecule has 0 bridgehead atoms. The number of hydrogen-bond acceptors (Lipinski definition) is 6. The van der Waals surface area contributed by atoms with Crippen LogP contribution in [-0.2, 0) is 6.42 Å². The van der Waals surface area contributed by atoms with Crippen LogP contribution in [0.1, 0.15) is 18.4 Å². The van der Waals surface area contributed by atoms with Crippen LogP contribution < -0.4 is 10.2 Å². The average Bonchev–Trinajstić information content (AvgIpc) is 3.16.